The number of rotatable bonds is 4. The smallest absolute Gasteiger partial charge is 0.136 e. The lowest BCUT2D eigenvalue weighted by Gasteiger charge is -2.13. The van der Waals surface area contributed by atoms with Crippen molar-refractivity contribution < 1.29 is 0 Å². The van der Waals surface area contributed by atoms with Crippen LogP contribution in [0.3, 0.4) is 0 Å². The summed E-state index contributed by atoms with van der Waals surface area (Å²) >= 11 is 0. The fourth-order valence-electron chi connectivity index (χ4n) is 2.38. The number of hydrogen-bond acceptors (Lipinski definition) is 4. The van der Waals surface area contributed by atoms with Gasteiger partial charge in [0.05, 0.1) is 0 Å². The molecule has 0 fully saturated rings. The SMILES string of the molecule is NC(N)Nc1ncccc1-c1ccc(-c2ccccc2)cc1. The molecule has 0 aliphatic rings. The lowest BCUT2D eigenvalue weighted by atomic mass is 10.0. The van der Waals surface area contributed by atoms with Gasteiger partial charge in [0.1, 0.15) is 12.1 Å². The maximum atomic E-state index is 5.60. The minimum Gasteiger partial charge on any atom is -0.342 e. The molecule has 3 rings (SSSR count). The highest BCUT2D eigenvalue weighted by atomic mass is 15.2. The lowest BCUT2D eigenvalue weighted by molar-refractivity contribution is 0.801. The molecule has 110 valence electrons. The highest BCUT2D eigenvalue weighted by Crippen LogP contribution is 2.28. The summed E-state index contributed by atoms with van der Waals surface area (Å²) in [6.07, 6.45) is 1.07. The first-order chi connectivity index (χ1) is 10.7. The molecule has 0 radical (unpaired) electrons. The van der Waals surface area contributed by atoms with Gasteiger partial charge in [-0.05, 0) is 28.8 Å². The summed E-state index contributed by atoms with van der Waals surface area (Å²) in [7, 11) is 0. The largest absolute Gasteiger partial charge is 0.342 e. The Bertz CT molecular complexity index is 737. The van der Waals surface area contributed by atoms with Gasteiger partial charge in [0.25, 0.3) is 0 Å². The van der Waals surface area contributed by atoms with Crippen molar-refractivity contribution in [3.8, 4) is 22.3 Å². The van der Waals surface area contributed by atoms with Crippen LogP contribution in [0.1, 0.15) is 0 Å². The number of nitrogens with zero attached hydrogens (tertiary/aromatic N) is 1. The molecule has 0 saturated carbocycles. The Hall–Kier alpha value is -2.69. The van der Waals surface area contributed by atoms with Crippen LogP contribution in [0.5, 0.6) is 0 Å². The Morgan fingerprint density at radius 3 is 2.05 bits per heavy atom. The molecule has 0 amide bonds. The standard InChI is InChI=1S/C18H18N4/c19-18(20)22-17-16(7-4-12-21-17)15-10-8-14(9-11-15)13-5-2-1-3-6-13/h1-12,18H,19-20H2,(H,21,22). The molecule has 5 N–H and O–H groups in total. The van der Waals surface area contributed by atoms with Crippen molar-refractivity contribution in [1.29, 1.82) is 0 Å². The zero-order chi connectivity index (χ0) is 15.4. The monoisotopic (exact) mass is 290 g/mol. The van der Waals surface area contributed by atoms with Crippen LogP contribution in [0.15, 0.2) is 72.9 Å². The van der Waals surface area contributed by atoms with Gasteiger partial charge in [-0.1, -0.05) is 54.6 Å². The predicted octanol–water partition coefficient (Wildman–Crippen LogP) is 3.03. The Kier molecular flexibility index (Phi) is 4.14. The summed E-state index contributed by atoms with van der Waals surface area (Å²) in [5, 5.41) is 2.96. The van der Waals surface area contributed by atoms with E-state index in [4.69, 9.17) is 11.5 Å². The summed E-state index contributed by atoms with van der Waals surface area (Å²) in [5.41, 5.74) is 15.6. The Morgan fingerprint density at radius 1 is 0.727 bits per heavy atom. The fraction of sp³-hybridized carbons (Fsp3) is 0.0556. The van der Waals surface area contributed by atoms with E-state index in [2.05, 4.69) is 46.7 Å². The maximum absolute atomic E-state index is 5.60. The van der Waals surface area contributed by atoms with E-state index in [9.17, 15) is 0 Å². The first-order valence-electron chi connectivity index (χ1n) is 7.12. The second kappa shape index (κ2) is 6.39. The molecule has 22 heavy (non-hydrogen) atoms. The van der Waals surface area contributed by atoms with Gasteiger partial charge in [0.15, 0.2) is 0 Å². The van der Waals surface area contributed by atoms with E-state index >= 15 is 0 Å². The molecule has 0 aliphatic carbocycles. The van der Waals surface area contributed by atoms with Crippen molar-refractivity contribution in [2.24, 2.45) is 11.5 Å². The van der Waals surface area contributed by atoms with E-state index in [1.807, 2.05) is 30.3 Å². The van der Waals surface area contributed by atoms with Crippen LogP contribution >= 0.6 is 0 Å². The Labute approximate surface area is 129 Å². The normalized spacial score (nSPS) is 10.7. The fourth-order valence-corrected chi connectivity index (χ4v) is 2.38. The second-order valence-electron chi connectivity index (χ2n) is 5.01. The van der Waals surface area contributed by atoms with Crippen LogP contribution in [0.2, 0.25) is 0 Å². The van der Waals surface area contributed by atoms with Crippen molar-refractivity contribution in [2.75, 3.05) is 5.32 Å². The Balaban J connectivity index is 1.94. The van der Waals surface area contributed by atoms with Crippen LogP contribution in [0.25, 0.3) is 22.3 Å². The van der Waals surface area contributed by atoms with Gasteiger partial charge in [-0.3, -0.25) is 11.5 Å². The molecule has 4 nitrogen and oxygen atoms in total. The first-order valence-corrected chi connectivity index (χ1v) is 7.12. The third-order valence-electron chi connectivity index (χ3n) is 3.41. The molecular weight excluding hydrogens is 272 g/mol. The maximum Gasteiger partial charge on any atom is 0.136 e. The number of nitrogens with one attached hydrogen (secondary N) is 1. The van der Waals surface area contributed by atoms with Gasteiger partial charge < -0.3 is 5.32 Å². The van der Waals surface area contributed by atoms with Gasteiger partial charge in [0.2, 0.25) is 0 Å². The van der Waals surface area contributed by atoms with Crippen LogP contribution in [0.4, 0.5) is 5.82 Å². The van der Waals surface area contributed by atoms with Gasteiger partial charge >= 0.3 is 0 Å². The van der Waals surface area contributed by atoms with Crippen molar-refractivity contribution in [3.05, 3.63) is 72.9 Å². The van der Waals surface area contributed by atoms with Crippen LogP contribution in [0, 0.1) is 0 Å². The van der Waals surface area contributed by atoms with E-state index in [-0.39, 0.29) is 0 Å². The third kappa shape index (κ3) is 3.14. The minimum atomic E-state index is -0.641. The van der Waals surface area contributed by atoms with Crippen molar-refractivity contribution in [3.63, 3.8) is 0 Å². The Morgan fingerprint density at radius 2 is 1.36 bits per heavy atom. The van der Waals surface area contributed by atoms with Gasteiger partial charge in [-0.25, -0.2) is 4.98 Å². The lowest BCUT2D eigenvalue weighted by Crippen LogP contribution is -2.39. The summed E-state index contributed by atoms with van der Waals surface area (Å²) in [6, 6.07) is 22.5. The molecular formula is C18H18N4. The van der Waals surface area contributed by atoms with Crippen molar-refractivity contribution in [2.45, 2.75) is 6.29 Å². The average Bonchev–Trinajstić information content (AvgIpc) is 2.56. The minimum absolute atomic E-state index is 0.641. The van der Waals surface area contributed by atoms with E-state index < -0.39 is 6.29 Å². The first kappa shape index (κ1) is 14.3. The molecule has 1 aromatic heterocycles. The van der Waals surface area contributed by atoms with E-state index in [0.29, 0.717) is 5.82 Å². The number of nitrogens with two attached hydrogens (primary N) is 2. The molecule has 0 spiro atoms. The molecule has 2 aromatic carbocycles. The van der Waals surface area contributed by atoms with Gasteiger partial charge in [-0.15, -0.1) is 0 Å². The molecule has 3 aromatic rings. The number of aromatic nitrogens is 1. The molecule has 4 heteroatoms. The highest BCUT2D eigenvalue weighted by Gasteiger charge is 2.07. The summed E-state index contributed by atoms with van der Waals surface area (Å²) in [4.78, 5) is 4.30. The molecule has 0 saturated heterocycles. The summed E-state index contributed by atoms with van der Waals surface area (Å²) < 4.78 is 0. The van der Waals surface area contributed by atoms with Crippen LogP contribution in [-0.2, 0) is 0 Å². The molecule has 0 atom stereocenters. The predicted molar refractivity (Wildman–Crippen MR) is 90.9 cm³/mol. The number of benzene rings is 2. The second-order valence-corrected chi connectivity index (χ2v) is 5.01. The summed E-state index contributed by atoms with van der Waals surface area (Å²) in [6.45, 7) is 0. The van der Waals surface area contributed by atoms with Gasteiger partial charge in [-0.2, -0.15) is 0 Å². The summed E-state index contributed by atoms with van der Waals surface area (Å²) in [5.74, 6) is 0.685. The number of pyridine rings is 1. The van der Waals surface area contributed by atoms with Crippen LogP contribution < -0.4 is 16.8 Å². The number of hydrogen-bond donors (Lipinski definition) is 3. The van der Waals surface area contributed by atoms with Gasteiger partial charge in [0, 0.05) is 11.8 Å². The highest BCUT2D eigenvalue weighted by molar-refractivity contribution is 5.77. The quantitative estimate of drug-likeness (QED) is 0.645. The van der Waals surface area contributed by atoms with E-state index in [0.717, 1.165) is 11.1 Å². The van der Waals surface area contributed by atoms with E-state index in [1.54, 1.807) is 6.20 Å². The van der Waals surface area contributed by atoms with E-state index in [1.165, 1.54) is 11.1 Å². The van der Waals surface area contributed by atoms with Crippen LogP contribution in [-0.4, -0.2) is 11.3 Å². The zero-order valence-electron chi connectivity index (χ0n) is 12.1. The zero-order valence-corrected chi connectivity index (χ0v) is 12.1. The molecule has 0 aliphatic heterocycles. The van der Waals surface area contributed by atoms with Crippen molar-refractivity contribution >= 4 is 5.82 Å². The number of anilines is 1. The molecule has 0 bridgehead atoms. The topological polar surface area (TPSA) is 77.0 Å². The average molecular weight is 290 g/mol. The molecule has 1 heterocycles. The van der Waals surface area contributed by atoms with Crippen molar-refractivity contribution in [1.82, 2.24) is 4.98 Å². The molecule has 0 unspecified atom stereocenters. The third-order valence-corrected chi connectivity index (χ3v) is 3.41.